The van der Waals surface area contributed by atoms with Gasteiger partial charge in [0.1, 0.15) is 6.61 Å². The number of amides is 1. The van der Waals surface area contributed by atoms with Gasteiger partial charge < -0.3 is 19.5 Å². The van der Waals surface area contributed by atoms with Crippen LogP contribution in [0.2, 0.25) is 0 Å². The van der Waals surface area contributed by atoms with Gasteiger partial charge in [-0.1, -0.05) is 91.9 Å². The van der Waals surface area contributed by atoms with Crippen molar-refractivity contribution in [1.82, 2.24) is 5.32 Å². The van der Waals surface area contributed by atoms with Crippen LogP contribution in [0.25, 0.3) is 11.1 Å². The molecule has 8 nitrogen and oxygen atoms in total. The van der Waals surface area contributed by atoms with Crippen LogP contribution in [-0.2, 0) is 46.4 Å². The van der Waals surface area contributed by atoms with Crippen molar-refractivity contribution in [2.24, 2.45) is 11.3 Å². The zero-order chi connectivity index (χ0) is 31.2. The number of hydrogen-bond donors (Lipinski definition) is 1. The SMILES string of the molecule is CC(C[C@@H](Cc1ccc(-c2ccccc2)cc1)NC(=O)CCC(=O)OCc1ccccc1)C(=O)OCOC(=O)C(C)(C)C. The van der Waals surface area contributed by atoms with Gasteiger partial charge in [0.05, 0.1) is 17.8 Å². The quantitative estimate of drug-likeness (QED) is 0.181. The molecule has 1 amide bonds. The second kappa shape index (κ2) is 16.2. The van der Waals surface area contributed by atoms with Crippen LogP contribution in [0, 0.1) is 11.3 Å². The van der Waals surface area contributed by atoms with E-state index < -0.39 is 42.1 Å². The zero-order valence-electron chi connectivity index (χ0n) is 25.3. The number of nitrogens with one attached hydrogen (secondary N) is 1. The van der Waals surface area contributed by atoms with Gasteiger partial charge in [-0.3, -0.25) is 19.2 Å². The summed E-state index contributed by atoms with van der Waals surface area (Å²) in [7, 11) is 0. The summed E-state index contributed by atoms with van der Waals surface area (Å²) in [5.74, 6) is -2.38. The minimum Gasteiger partial charge on any atom is -0.461 e. The van der Waals surface area contributed by atoms with E-state index in [4.69, 9.17) is 14.2 Å². The summed E-state index contributed by atoms with van der Waals surface area (Å²) in [6, 6.07) is 27.0. The van der Waals surface area contributed by atoms with E-state index >= 15 is 0 Å². The summed E-state index contributed by atoms with van der Waals surface area (Å²) in [6.45, 7) is 6.51. The number of ether oxygens (including phenoxy) is 3. The number of rotatable bonds is 14. The summed E-state index contributed by atoms with van der Waals surface area (Å²) in [4.78, 5) is 49.7. The number of hydrogen-bond acceptors (Lipinski definition) is 7. The molecule has 0 bridgehead atoms. The van der Waals surface area contributed by atoms with Gasteiger partial charge in [-0.2, -0.15) is 0 Å². The van der Waals surface area contributed by atoms with E-state index in [1.807, 2.05) is 84.9 Å². The van der Waals surface area contributed by atoms with Crippen molar-refractivity contribution >= 4 is 23.8 Å². The summed E-state index contributed by atoms with van der Waals surface area (Å²) < 4.78 is 15.5. The highest BCUT2D eigenvalue weighted by atomic mass is 16.7. The summed E-state index contributed by atoms with van der Waals surface area (Å²) in [6.07, 6.45) is 0.652. The first-order valence-electron chi connectivity index (χ1n) is 14.5. The molecule has 3 aromatic carbocycles. The minimum absolute atomic E-state index is 0.0430. The van der Waals surface area contributed by atoms with Crippen LogP contribution in [0.4, 0.5) is 0 Å². The van der Waals surface area contributed by atoms with Gasteiger partial charge in [-0.05, 0) is 55.9 Å². The second-order valence-corrected chi connectivity index (χ2v) is 11.6. The third kappa shape index (κ3) is 11.7. The Bertz CT molecular complexity index is 1330. The Balaban J connectivity index is 1.58. The van der Waals surface area contributed by atoms with Gasteiger partial charge in [0.2, 0.25) is 12.7 Å². The summed E-state index contributed by atoms with van der Waals surface area (Å²) >= 11 is 0. The van der Waals surface area contributed by atoms with Crippen LogP contribution in [0.3, 0.4) is 0 Å². The van der Waals surface area contributed by atoms with E-state index in [2.05, 4.69) is 5.32 Å². The van der Waals surface area contributed by atoms with Gasteiger partial charge >= 0.3 is 17.9 Å². The molecule has 0 aliphatic carbocycles. The van der Waals surface area contributed by atoms with Crippen molar-refractivity contribution < 1.29 is 33.4 Å². The van der Waals surface area contributed by atoms with E-state index in [1.54, 1.807) is 27.7 Å². The monoisotopic (exact) mass is 587 g/mol. The molecule has 0 aromatic heterocycles. The fraction of sp³-hybridized carbons (Fsp3) is 0.371. The third-order valence-corrected chi connectivity index (χ3v) is 6.75. The number of carbonyl (C=O) groups excluding carboxylic acids is 4. The van der Waals surface area contributed by atoms with Crippen molar-refractivity contribution in [3.63, 3.8) is 0 Å². The molecule has 1 unspecified atom stereocenters. The maximum Gasteiger partial charge on any atom is 0.314 e. The molecule has 0 aliphatic rings. The molecule has 2 atom stereocenters. The van der Waals surface area contributed by atoms with Crippen molar-refractivity contribution in [2.45, 2.75) is 66.0 Å². The van der Waals surface area contributed by atoms with Crippen molar-refractivity contribution in [3.05, 3.63) is 96.1 Å². The molecule has 8 heteroatoms. The van der Waals surface area contributed by atoms with Gasteiger partial charge in [-0.25, -0.2) is 0 Å². The highest BCUT2D eigenvalue weighted by molar-refractivity contribution is 5.81. The van der Waals surface area contributed by atoms with Gasteiger partial charge in [0.15, 0.2) is 0 Å². The van der Waals surface area contributed by atoms with Crippen LogP contribution in [-0.4, -0.2) is 36.6 Å². The Hall–Kier alpha value is -4.46. The van der Waals surface area contributed by atoms with E-state index in [9.17, 15) is 19.2 Å². The number of esters is 3. The summed E-state index contributed by atoms with van der Waals surface area (Å²) in [5.41, 5.74) is 3.30. The molecule has 228 valence electrons. The smallest absolute Gasteiger partial charge is 0.314 e. The van der Waals surface area contributed by atoms with Crippen molar-refractivity contribution in [3.8, 4) is 11.1 Å². The summed E-state index contributed by atoms with van der Waals surface area (Å²) in [5, 5.41) is 2.98. The van der Waals surface area contributed by atoms with E-state index in [-0.39, 0.29) is 31.8 Å². The lowest BCUT2D eigenvalue weighted by atomic mass is 9.94. The molecule has 0 spiro atoms. The molecule has 43 heavy (non-hydrogen) atoms. The molecule has 0 heterocycles. The highest BCUT2D eigenvalue weighted by Crippen LogP contribution is 2.21. The predicted molar refractivity (Wildman–Crippen MR) is 163 cm³/mol. The lowest BCUT2D eigenvalue weighted by Crippen LogP contribution is -2.39. The lowest BCUT2D eigenvalue weighted by Gasteiger charge is -2.22. The number of carbonyl (C=O) groups is 4. The van der Waals surface area contributed by atoms with Gasteiger partial charge in [0, 0.05) is 12.5 Å². The lowest BCUT2D eigenvalue weighted by molar-refractivity contribution is -0.175. The molecule has 0 saturated carbocycles. The first-order chi connectivity index (χ1) is 20.5. The number of benzene rings is 3. The fourth-order valence-corrected chi connectivity index (χ4v) is 4.29. The average molecular weight is 588 g/mol. The average Bonchev–Trinajstić information content (AvgIpc) is 2.99. The maximum atomic E-state index is 12.9. The third-order valence-electron chi connectivity index (χ3n) is 6.75. The molecule has 3 rings (SSSR count). The van der Waals surface area contributed by atoms with Gasteiger partial charge in [0.25, 0.3) is 0 Å². The Morgan fingerprint density at radius 2 is 1.33 bits per heavy atom. The van der Waals surface area contributed by atoms with Crippen molar-refractivity contribution in [2.75, 3.05) is 6.79 Å². The Kier molecular flexibility index (Phi) is 12.5. The van der Waals surface area contributed by atoms with Crippen molar-refractivity contribution in [1.29, 1.82) is 0 Å². The standard InChI is InChI=1S/C35H41NO7/c1-25(33(39)42-24-43-34(40)35(2,3)4)21-30(22-26-15-17-29(18-16-26)28-13-9-6-10-14-28)36-31(37)19-20-32(38)41-23-27-11-7-5-8-12-27/h5-18,25,30H,19-24H2,1-4H3,(H,36,37)/t25?,30-/m0/s1. The molecule has 0 radical (unpaired) electrons. The molecule has 1 N–H and O–H groups in total. The molecule has 0 aliphatic heterocycles. The molecular weight excluding hydrogens is 546 g/mol. The first kappa shape index (κ1) is 33.0. The minimum atomic E-state index is -0.711. The van der Waals surface area contributed by atoms with Crippen LogP contribution < -0.4 is 5.32 Å². The fourth-order valence-electron chi connectivity index (χ4n) is 4.29. The Labute approximate surface area is 253 Å². The highest BCUT2D eigenvalue weighted by Gasteiger charge is 2.25. The van der Waals surface area contributed by atoms with Crippen LogP contribution in [0.5, 0.6) is 0 Å². The maximum absolute atomic E-state index is 12.9. The van der Waals surface area contributed by atoms with E-state index in [0.29, 0.717) is 6.42 Å². The second-order valence-electron chi connectivity index (χ2n) is 11.6. The van der Waals surface area contributed by atoms with E-state index in [1.165, 1.54) is 0 Å². The first-order valence-corrected chi connectivity index (χ1v) is 14.5. The largest absolute Gasteiger partial charge is 0.461 e. The van der Waals surface area contributed by atoms with Crippen LogP contribution >= 0.6 is 0 Å². The molecule has 0 fully saturated rings. The molecular formula is C35H41NO7. The normalized spacial score (nSPS) is 12.5. The van der Waals surface area contributed by atoms with Gasteiger partial charge in [-0.15, -0.1) is 0 Å². The van der Waals surface area contributed by atoms with Crippen LogP contribution in [0.15, 0.2) is 84.9 Å². The molecule has 0 saturated heterocycles. The Morgan fingerprint density at radius 3 is 1.95 bits per heavy atom. The topological polar surface area (TPSA) is 108 Å². The van der Waals surface area contributed by atoms with E-state index in [0.717, 1.165) is 22.3 Å². The predicted octanol–water partition coefficient (Wildman–Crippen LogP) is 6.02. The molecule has 3 aromatic rings. The van der Waals surface area contributed by atoms with Crippen LogP contribution in [0.1, 0.15) is 58.1 Å². The Morgan fingerprint density at radius 1 is 0.721 bits per heavy atom. The zero-order valence-corrected chi connectivity index (χ0v) is 25.3.